The first-order valence-electron chi connectivity index (χ1n) is 20.2. The second kappa shape index (κ2) is 13.8. The minimum Gasteiger partial charge on any atom is -0.309 e. The Hall–Kier alpha value is -7.43. The van der Waals surface area contributed by atoms with Gasteiger partial charge >= 0.3 is 0 Å². The van der Waals surface area contributed by atoms with Crippen molar-refractivity contribution < 1.29 is 5.48 Å². The van der Waals surface area contributed by atoms with E-state index in [4.69, 9.17) is 17.7 Å². The summed E-state index contributed by atoms with van der Waals surface area (Å²) in [5.74, 6) is 1.76. The zero-order chi connectivity index (χ0) is 40.0. The van der Waals surface area contributed by atoms with Crippen LogP contribution < -0.4 is 0 Å². The third-order valence-corrected chi connectivity index (χ3v) is 10.0. The third-order valence-electron chi connectivity index (χ3n) is 10.0. The molecular formula is C51H34N4. The van der Waals surface area contributed by atoms with Crippen LogP contribution >= 0.6 is 0 Å². The van der Waals surface area contributed by atoms with Crippen molar-refractivity contribution in [2.45, 2.75) is 0 Å². The second-order valence-corrected chi connectivity index (χ2v) is 13.3. The summed E-state index contributed by atoms with van der Waals surface area (Å²) >= 11 is 0. The molecule has 258 valence electrons. The first-order valence-corrected chi connectivity index (χ1v) is 18.2. The molecule has 8 aromatic carbocycles. The summed E-state index contributed by atoms with van der Waals surface area (Å²) in [6.45, 7) is 0. The fourth-order valence-electron chi connectivity index (χ4n) is 7.42. The molecule has 2 aromatic heterocycles. The average Bonchev–Trinajstić information content (AvgIpc) is 3.67. The van der Waals surface area contributed by atoms with Crippen molar-refractivity contribution in [1.29, 1.82) is 0 Å². The van der Waals surface area contributed by atoms with E-state index in [2.05, 4.69) is 36.4 Å². The second-order valence-electron chi connectivity index (χ2n) is 13.3. The van der Waals surface area contributed by atoms with Crippen molar-refractivity contribution in [2.75, 3.05) is 0 Å². The Bertz CT molecular complexity index is 3130. The highest BCUT2D eigenvalue weighted by Gasteiger charge is 2.18. The van der Waals surface area contributed by atoms with E-state index in [1.54, 1.807) is 0 Å². The molecule has 0 saturated heterocycles. The van der Waals surface area contributed by atoms with E-state index in [0.717, 1.165) is 66.7 Å². The molecule has 0 saturated carbocycles. The van der Waals surface area contributed by atoms with Crippen LogP contribution in [0.1, 0.15) is 5.48 Å². The first-order chi connectivity index (χ1) is 28.9. The summed E-state index contributed by atoms with van der Waals surface area (Å²) < 4.78 is 37.8. The molecule has 0 radical (unpaired) electrons. The van der Waals surface area contributed by atoms with Gasteiger partial charge < -0.3 is 4.57 Å². The summed E-state index contributed by atoms with van der Waals surface area (Å²) in [5.41, 5.74) is 10.6. The summed E-state index contributed by atoms with van der Waals surface area (Å²) in [6.07, 6.45) is 0. The summed E-state index contributed by atoms with van der Waals surface area (Å²) in [7, 11) is 0. The van der Waals surface area contributed by atoms with Crippen LogP contribution in [-0.4, -0.2) is 19.5 Å². The summed E-state index contributed by atoms with van der Waals surface area (Å²) in [5, 5.41) is 1.26. The lowest BCUT2D eigenvalue weighted by Gasteiger charge is -2.13. The minimum atomic E-state index is -0.268. The zero-order valence-electron chi connectivity index (χ0n) is 33.6. The van der Waals surface area contributed by atoms with Crippen molar-refractivity contribution in [1.82, 2.24) is 19.5 Å². The van der Waals surface area contributed by atoms with E-state index in [9.17, 15) is 2.74 Å². The maximum Gasteiger partial charge on any atom is 0.164 e. The molecule has 0 aliphatic heterocycles. The summed E-state index contributed by atoms with van der Waals surface area (Å²) in [4.78, 5) is 14.7. The Morgan fingerprint density at radius 2 is 0.873 bits per heavy atom. The topological polar surface area (TPSA) is 43.6 Å². The molecule has 0 atom stereocenters. The SMILES string of the molecule is [2H]c1c([2H])c([2H])c2c(c1[2H])c1c(-c3ccccc3-c3ccccc3)cccc1n2-c1ccc(-c2cccc(-c3nc(-c4ccccc4)nc(-c4ccccc4)n3)c2)cc1. The number of rotatable bonds is 7. The maximum absolute atomic E-state index is 9.20. The molecule has 2 heterocycles. The molecule has 0 aliphatic rings. The first kappa shape index (κ1) is 28.1. The van der Waals surface area contributed by atoms with Gasteiger partial charge in [0.05, 0.1) is 16.5 Å². The van der Waals surface area contributed by atoms with Gasteiger partial charge in [0, 0.05) is 33.2 Å². The fourth-order valence-corrected chi connectivity index (χ4v) is 7.42. The van der Waals surface area contributed by atoms with Crippen LogP contribution in [0, 0.1) is 0 Å². The van der Waals surface area contributed by atoms with Gasteiger partial charge in [0.2, 0.25) is 0 Å². The molecule has 10 aromatic rings. The number of nitrogens with zero attached hydrogens (tertiary/aromatic N) is 4. The number of hydrogen-bond acceptors (Lipinski definition) is 3. The third kappa shape index (κ3) is 5.96. The lowest BCUT2D eigenvalue weighted by molar-refractivity contribution is 1.07. The Labute approximate surface area is 325 Å². The zero-order valence-corrected chi connectivity index (χ0v) is 29.6. The number of fused-ring (bicyclic) bond motifs is 3. The monoisotopic (exact) mass is 706 g/mol. The van der Waals surface area contributed by atoms with Gasteiger partial charge in [0.25, 0.3) is 0 Å². The molecule has 0 N–H and O–H groups in total. The highest BCUT2D eigenvalue weighted by atomic mass is 15.0. The van der Waals surface area contributed by atoms with Crippen molar-refractivity contribution in [3.8, 4) is 73.2 Å². The number of aromatic nitrogens is 4. The van der Waals surface area contributed by atoms with Gasteiger partial charge in [0.1, 0.15) is 0 Å². The highest BCUT2D eigenvalue weighted by molar-refractivity contribution is 6.16. The molecule has 0 spiro atoms. The van der Waals surface area contributed by atoms with Crippen LogP contribution in [0.4, 0.5) is 0 Å². The van der Waals surface area contributed by atoms with E-state index in [1.165, 1.54) is 0 Å². The van der Waals surface area contributed by atoms with E-state index in [0.29, 0.717) is 28.4 Å². The smallest absolute Gasteiger partial charge is 0.164 e. The van der Waals surface area contributed by atoms with Gasteiger partial charge in [-0.25, -0.2) is 15.0 Å². The quantitative estimate of drug-likeness (QED) is 0.166. The Morgan fingerprint density at radius 3 is 1.55 bits per heavy atom. The normalized spacial score (nSPS) is 12.3. The standard InChI is InChI=1S/C51H34N4/c1-4-16-36(17-5-1)42-24-10-11-25-43(42)44-27-15-29-47-48(44)45-26-12-13-28-46(45)55(47)41-32-30-35(31-33-41)39-22-14-23-40(34-39)51-53-49(37-18-6-2-7-19-37)52-50(54-51)38-20-8-3-9-21-38/h1-34H/i12D,13D,26D,28D. The largest absolute Gasteiger partial charge is 0.309 e. The van der Waals surface area contributed by atoms with Crippen molar-refractivity contribution in [2.24, 2.45) is 0 Å². The van der Waals surface area contributed by atoms with Crippen LogP contribution in [0.2, 0.25) is 0 Å². The van der Waals surface area contributed by atoms with E-state index < -0.39 is 0 Å². The number of hydrogen-bond donors (Lipinski definition) is 0. The molecule has 4 nitrogen and oxygen atoms in total. The van der Waals surface area contributed by atoms with Gasteiger partial charge in [-0.2, -0.15) is 0 Å². The molecule has 4 heteroatoms. The lowest BCUT2D eigenvalue weighted by Crippen LogP contribution is -2.00. The number of benzene rings is 8. The average molecular weight is 707 g/mol. The van der Waals surface area contributed by atoms with Gasteiger partial charge in [-0.1, -0.05) is 176 Å². The molecule has 55 heavy (non-hydrogen) atoms. The molecule has 0 fully saturated rings. The van der Waals surface area contributed by atoms with Crippen LogP contribution in [0.25, 0.3) is 95.0 Å². The predicted molar refractivity (Wildman–Crippen MR) is 227 cm³/mol. The Balaban J connectivity index is 1.11. The van der Waals surface area contributed by atoms with E-state index in [-0.39, 0.29) is 24.2 Å². The number of para-hydroxylation sites is 1. The van der Waals surface area contributed by atoms with Gasteiger partial charge in [-0.05, 0) is 63.7 Å². The fraction of sp³-hybridized carbons (Fsp3) is 0. The molecular weight excluding hydrogens is 669 g/mol. The maximum atomic E-state index is 9.20. The van der Waals surface area contributed by atoms with Crippen LogP contribution in [-0.2, 0) is 0 Å². The summed E-state index contributed by atoms with van der Waals surface area (Å²) in [6, 6.07) is 59.9. The van der Waals surface area contributed by atoms with Gasteiger partial charge in [-0.3, -0.25) is 0 Å². The molecule has 10 rings (SSSR count). The molecule has 0 aliphatic carbocycles. The molecule has 0 amide bonds. The van der Waals surface area contributed by atoms with Crippen LogP contribution in [0.15, 0.2) is 206 Å². The lowest BCUT2D eigenvalue weighted by atomic mass is 9.92. The van der Waals surface area contributed by atoms with Crippen LogP contribution in [0.3, 0.4) is 0 Å². The Morgan fingerprint density at radius 1 is 0.364 bits per heavy atom. The van der Waals surface area contributed by atoms with Gasteiger partial charge in [0.15, 0.2) is 17.5 Å². The van der Waals surface area contributed by atoms with E-state index in [1.807, 2.05) is 150 Å². The van der Waals surface area contributed by atoms with E-state index >= 15 is 0 Å². The van der Waals surface area contributed by atoms with Crippen molar-refractivity contribution in [3.63, 3.8) is 0 Å². The van der Waals surface area contributed by atoms with Crippen molar-refractivity contribution >= 4 is 21.8 Å². The van der Waals surface area contributed by atoms with Gasteiger partial charge in [-0.15, -0.1) is 0 Å². The van der Waals surface area contributed by atoms with Crippen molar-refractivity contribution in [3.05, 3.63) is 206 Å². The Kier molecular flexibility index (Phi) is 7.08. The minimum absolute atomic E-state index is 0.0630. The highest BCUT2D eigenvalue weighted by Crippen LogP contribution is 2.42. The predicted octanol–water partition coefficient (Wildman–Crippen LogP) is 13.0. The van der Waals surface area contributed by atoms with Crippen LogP contribution in [0.5, 0.6) is 0 Å². The molecule has 0 bridgehead atoms. The molecule has 0 unspecified atom stereocenters.